The summed E-state index contributed by atoms with van der Waals surface area (Å²) in [5.74, 6) is 0.223. The maximum absolute atomic E-state index is 12.8. The highest BCUT2D eigenvalue weighted by molar-refractivity contribution is 7.16. The van der Waals surface area contributed by atoms with Gasteiger partial charge in [0, 0.05) is 18.5 Å². The van der Waals surface area contributed by atoms with E-state index in [4.69, 9.17) is 11.6 Å². The third kappa shape index (κ3) is 3.90. The average molecular weight is 390 g/mol. The van der Waals surface area contributed by atoms with Crippen LogP contribution in [0.4, 0.5) is 18.9 Å². The van der Waals surface area contributed by atoms with E-state index in [-0.39, 0.29) is 12.1 Å². The molecule has 6 nitrogen and oxygen atoms in total. The summed E-state index contributed by atoms with van der Waals surface area (Å²) >= 11 is 6.85. The zero-order valence-electron chi connectivity index (χ0n) is 12.8. The molecule has 132 valence electrons. The molecule has 0 saturated carbocycles. The van der Waals surface area contributed by atoms with E-state index in [1.165, 1.54) is 17.4 Å². The topological polar surface area (TPSA) is 72.2 Å². The van der Waals surface area contributed by atoms with E-state index in [2.05, 4.69) is 20.6 Å². The molecule has 1 aromatic carbocycles. The van der Waals surface area contributed by atoms with Gasteiger partial charge in [0.25, 0.3) is 0 Å². The molecule has 0 atom stereocenters. The molecule has 0 saturated heterocycles. The van der Waals surface area contributed by atoms with Crippen LogP contribution in [0.15, 0.2) is 18.2 Å². The van der Waals surface area contributed by atoms with Gasteiger partial charge in [-0.3, -0.25) is 4.79 Å². The van der Waals surface area contributed by atoms with Crippen LogP contribution in [-0.4, -0.2) is 25.7 Å². The Morgan fingerprint density at radius 3 is 2.80 bits per heavy atom. The van der Waals surface area contributed by atoms with Gasteiger partial charge in [-0.15, -0.1) is 10.2 Å². The number of carbonyl (C=O) groups excluding carboxylic acids is 1. The maximum atomic E-state index is 12.8. The number of hydrogen-bond donors (Lipinski definition) is 1. The largest absolute Gasteiger partial charge is 0.417 e. The molecule has 0 aliphatic heterocycles. The van der Waals surface area contributed by atoms with Gasteiger partial charge in [-0.25, -0.2) is 0 Å². The molecule has 0 aliphatic rings. The van der Waals surface area contributed by atoms with E-state index in [9.17, 15) is 18.0 Å². The standard InChI is InChI=1S/C14H11ClF3N5OS/c1-7-20-21-13-23(7)22-12(25-13)5-4-11(24)19-8-2-3-10(15)9(6-8)14(16,17)18/h2-3,6H,4-5H2,1H3,(H,19,24). The highest BCUT2D eigenvalue weighted by atomic mass is 35.5. The summed E-state index contributed by atoms with van der Waals surface area (Å²) in [6, 6.07) is 3.24. The van der Waals surface area contributed by atoms with Crippen LogP contribution in [0.2, 0.25) is 5.02 Å². The van der Waals surface area contributed by atoms with Crippen molar-refractivity contribution in [3.05, 3.63) is 39.6 Å². The van der Waals surface area contributed by atoms with Crippen molar-refractivity contribution >= 4 is 39.5 Å². The lowest BCUT2D eigenvalue weighted by atomic mass is 10.2. The van der Waals surface area contributed by atoms with Gasteiger partial charge < -0.3 is 5.32 Å². The second-order valence-corrected chi connectivity index (χ2v) is 6.63. The summed E-state index contributed by atoms with van der Waals surface area (Å²) in [7, 11) is 0. The van der Waals surface area contributed by atoms with Crippen LogP contribution in [0.25, 0.3) is 4.96 Å². The quantitative estimate of drug-likeness (QED) is 0.737. The molecule has 25 heavy (non-hydrogen) atoms. The predicted octanol–water partition coefficient (Wildman–Crippen LogP) is 3.74. The van der Waals surface area contributed by atoms with Crippen molar-refractivity contribution in [1.82, 2.24) is 19.8 Å². The van der Waals surface area contributed by atoms with E-state index in [0.29, 0.717) is 22.2 Å². The molecular weight excluding hydrogens is 379 g/mol. The number of nitrogens with one attached hydrogen (secondary N) is 1. The minimum Gasteiger partial charge on any atom is -0.326 e. The summed E-state index contributed by atoms with van der Waals surface area (Å²) in [6.45, 7) is 1.76. The number of anilines is 1. The highest BCUT2D eigenvalue weighted by Gasteiger charge is 2.33. The van der Waals surface area contributed by atoms with E-state index in [0.717, 1.165) is 12.1 Å². The number of halogens is 4. The number of hydrogen-bond acceptors (Lipinski definition) is 5. The molecule has 0 unspecified atom stereocenters. The van der Waals surface area contributed by atoms with Gasteiger partial charge in [0.05, 0.1) is 10.6 Å². The summed E-state index contributed by atoms with van der Waals surface area (Å²) in [4.78, 5) is 12.6. The summed E-state index contributed by atoms with van der Waals surface area (Å²) < 4.78 is 40.0. The predicted molar refractivity (Wildman–Crippen MR) is 86.8 cm³/mol. The minimum atomic E-state index is -4.58. The molecule has 1 N–H and O–H groups in total. The van der Waals surface area contributed by atoms with Crippen LogP contribution in [0.5, 0.6) is 0 Å². The fourth-order valence-corrected chi connectivity index (χ4v) is 3.22. The second kappa shape index (κ2) is 6.60. The highest BCUT2D eigenvalue weighted by Crippen LogP contribution is 2.36. The van der Waals surface area contributed by atoms with Crippen molar-refractivity contribution in [3.8, 4) is 0 Å². The Morgan fingerprint density at radius 2 is 2.12 bits per heavy atom. The molecule has 0 radical (unpaired) electrons. The Morgan fingerprint density at radius 1 is 1.36 bits per heavy atom. The Bertz CT molecular complexity index is 936. The van der Waals surface area contributed by atoms with E-state index >= 15 is 0 Å². The van der Waals surface area contributed by atoms with Crippen molar-refractivity contribution in [2.75, 3.05) is 5.32 Å². The van der Waals surface area contributed by atoms with Crippen molar-refractivity contribution in [3.63, 3.8) is 0 Å². The molecule has 3 aromatic rings. The fraction of sp³-hybridized carbons (Fsp3) is 0.286. The molecule has 0 aliphatic carbocycles. The lowest BCUT2D eigenvalue weighted by molar-refractivity contribution is -0.137. The first-order chi connectivity index (χ1) is 11.7. The molecule has 0 bridgehead atoms. The lowest BCUT2D eigenvalue weighted by Gasteiger charge is -2.11. The van der Waals surface area contributed by atoms with Crippen LogP contribution in [0.1, 0.15) is 22.8 Å². The number of fused-ring (bicyclic) bond motifs is 1. The Balaban J connectivity index is 1.64. The molecule has 2 heterocycles. The van der Waals surface area contributed by atoms with Crippen molar-refractivity contribution in [2.24, 2.45) is 0 Å². The molecule has 2 aromatic heterocycles. The van der Waals surface area contributed by atoms with Gasteiger partial charge in [0.2, 0.25) is 10.9 Å². The number of aromatic nitrogens is 4. The Labute approximate surface area is 148 Å². The maximum Gasteiger partial charge on any atom is 0.417 e. The van der Waals surface area contributed by atoms with E-state index < -0.39 is 22.7 Å². The van der Waals surface area contributed by atoms with Gasteiger partial charge in [-0.05, 0) is 25.1 Å². The van der Waals surface area contributed by atoms with Crippen LogP contribution in [0, 0.1) is 6.92 Å². The third-order valence-electron chi connectivity index (χ3n) is 3.31. The minimum absolute atomic E-state index is 0.0377. The molecular formula is C14H11ClF3N5OS. The van der Waals surface area contributed by atoms with Gasteiger partial charge >= 0.3 is 6.18 Å². The van der Waals surface area contributed by atoms with Crippen LogP contribution >= 0.6 is 22.9 Å². The van der Waals surface area contributed by atoms with E-state index in [1.807, 2.05) is 0 Å². The first-order valence-corrected chi connectivity index (χ1v) is 8.28. The number of nitrogens with zero attached hydrogens (tertiary/aromatic N) is 4. The lowest BCUT2D eigenvalue weighted by Crippen LogP contribution is -2.14. The zero-order chi connectivity index (χ0) is 18.2. The fourth-order valence-electron chi connectivity index (χ4n) is 2.12. The average Bonchev–Trinajstić information content (AvgIpc) is 3.08. The number of alkyl halides is 3. The normalized spacial score (nSPS) is 11.9. The first-order valence-electron chi connectivity index (χ1n) is 7.08. The summed E-state index contributed by atoms with van der Waals surface area (Å²) in [5, 5.41) is 14.8. The van der Waals surface area contributed by atoms with E-state index in [1.54, 1.807) is 11.4 Å². The van der Waals surface area contributed by atoms with Gasteiger partial charge in [0.1, 0.15) is 5.01 Å². The van der Waals surface area contributed by atoms with Gasteiger partial charge in [-0.2, -0.15) is 22.8 Å². The van der Waals surface area contributed by atoms with Crippen molar-refractivity contribution < 1.29 is 18.0 Å². The number of aryl methyl sites for hydroxylation is 2. The molecule has 11 heteroatoms. The number of carbonyl (C=O) groups is 1. The monoisotopic (exact) mass is 389 g/mol. The number of amides is 1. The van der Waals surface area contributed by atoms with Crippen LogP contribution in [-0.2, 0) is 17.4 Å². The smallest absolute Gasteiger partial charge is 0.326 e. The number of rotatable bonds is 4. The summed E-state index contributed by atoms with van der Waals surface area (Å²) in [6.07, 6.45) is -4.16. The molecule has 0 spiro atoms. The SMILES string of the molecule is Cc1nnc2sc(CCC(=O)Nc3ccc(Cl)c(C(F)(F)F)c3)nn12. The molecule has 3 rings (SSSR count). The Hall–Kier alpha value is -2.20. The van der Waals surface area contributed by atoms with Gasteiger partial charge in [-0.1, -0.05) is 22.9 Å². The second-order valence-electron chi connectivity index (χ2n) is 5.18. The van der Waals surface area contributed by atoms with Crippen LogP contribution < -0.4 is 5.32 Å². The van der Waals surface area contributed by atoms with Crippen LogP contribution in [0.3, 0.4) is 0 Å². The molecule has 0 fully saturated rings. The van der Waals surface area contributed by atoms with Crippen molar-refractivity contribution in [2.45, 2.75) is 25.9 Å². The third-order valence-corrected chi connectivity index (χ3v) is 4.60. The van der Waals surface area contributed by atoms with Crippen molar-refractivity contribution in [1.29, 1.82) is 0 Å². The molecule has 1 amide bonds. The first kappa shape index (κ1) is 17.6. The number of benzene rings is 1. The van der Waals surface area contributed by atoms with Gasteiger partial charge in [0.15, 0.2) is 5.82 Å². The summed E-state index contributed by atoms with van der Waals surface area (Å²) in [5.41, 5.74) is -0.952. The zero-order valence-corrected chi connectivity index (χ0v) is 14.3. The Kier molecular flexibility index (Phi) is 4.65.